The summed E-state index contributed by atoms with van der Waals surface area (Å²) in [7, 11) is 3.05. The first kappa shape index (κ1) is 14.6. The summed E-state index contributed by atoms with van der Waals surface area (Å²) < 4.78 is 10.4. The molecule has 100 valence electrons. The Balaban J connectivity index is 2.91. The lowest BCUT2D eigenvalue weighted by molar-refractivity contribution is 0.0935. The number of benzene rings is 1. The summed E-state index contributed by atoms with van der Waals surface area (Å²) in [4.78, 5) is 12.1. The van der Waals surface area contributed by atoms with E-state index < -0.39 is 0 Å². The molecule has 0 aliphatic carbocycles. The van der Waals surface area contributed by atoms with Gasteiger partial charge in [-0.2, -0.15) is 0 Å². The van der Waals surface area contributed by atoms with Crippen LogP contribution >= 0.6 is 11.6 Å². The monoisotopic (exact) mass is 271 g/mol. The molecule has 0 saturated carbocycles. The van der Waals surface area contributed by atoms with Crippen molar-refractivity contribution in [3.63, 3.8) is 0 Å². The quantitative estimate of drug-likeness (QED) is 0.809. The molecule has 1 atom stereocenters. The summed E-state index contributed by atoms with van der Waals surface area (Å²) in [6, 6.07) is 5.22. The first-order valence-electron chi connectivity index (χ1n) is 5.71. The molecule has 4 nitrogen and oxygen atoms in total. The number of ether oxygens (including phenoxy) is 2. The van der Waals surface area contributed by atoms with E-state index in [-0.39, 0.29) is 11.9 Å². The number of hydrogen-bond donors (Lipinski definition) is 1. The van der Waals surface area contributed by atoms with Crippen molar-refractivity contribution in [1.29, 1.82) is 0 Å². The van der Waals surface area contributed by atoms with Gasteiger partial charge in [0.15, 0.2) is 11.5 Å². The number of alkyl halides is 1. The van der Waals surface area contributed by atoms with Gasteiger partial charge in [-0.25, -0.2) is 0 Å². The summed E-state index contributed by atoms with van der Waals surface area (Å²) in [6.07, 6.45) is 0.722. The minimum atomic E-state index is -0.191. The Labute approximate surface area is 112 Å². The molecule has 1 N–H and O–H groups in total. The van der Waals surface area contributed by atoms with E-state index in [1.807, 2.05) is 6.92 Å². The van der Waals surface area contributed by atoms with E-state index in [9.17, 15) is 4.79 Å². The maximum absolute atomic E-state index is 12.1. The Bertz CT molecular complexity index is 409. The van der Waals surface area contributed by atoms with Crippen LogP contribution in [0.2, 0.25) is 0 Å². The second-order valence-corrected chi connectivity index (χ2v) is 4.27. The van der Waals surface area contributed by atoms with Crippen molar-refractivity contribution in [1.82, 2.24) is 5.32 Å². The van der Waals surface area contributed by atoms with Gasteiger partial charge in [-0.15, -0.1) is 11.6 Å². The molecule has 0 saturated heterocycles. The van der Waals surface area contributed by atoms with E-state index in [0.29, 0.717) is 22.9 Å². The highest BCUT2D eigenvalue weighted by molar-refractivity contribution is 6.17. The van der Waals surface area contributed by atoms with Crippen molar-refractivity contribution in [2.45, 2.75) is 19.4 Å². The Kier molecular flexibility index (Phi) is 5.78. The molecule has 1 aromatic carbocycles. The fourth-order valence-corrected chi connectivity index (χ4v) is 1.93. The van der Waals surface area contributed by atoms with Gasteiger partial charge < -0.3 is 14.8 Å². The summed E-state index contributed by atoms with van der Waals surface area (Å²) >= 11 is 5.64. The van der Waals surface area contributed by atoms with Crippen LogP contribution in [0.1, 0.15) is 23.7 Å². The van der Waals surface area contributed by atoms with Crippen molar-refractivity contribution < 1.29 is 14.3 Å². The number of carbonyl (C=O) groups is 1. The normalized spacial score (nSPS) is 11.8. The van der Waals surface area contributed by atoms with Gasteiger partial charge in [-0.1, -0.05) is 6.07 Å². The number of rotatable bonds is 6. The maximum atomic E-state index is 12.1. The summed E-state index contributed by atoms with van der Waals surface area (Å²) in [5, 5.41) is 2.86. The van der Waals surface area contributed by atoms with E-state index in [1.54, 1.807) is 18.2 Å². The topological polar surface area (TPSA) is 47.6 Å². The second kappa shape index (κ2) is 7.11. The molecule has 0 aliphatic rings. The summed E-state index contributed by atoms with van der Waals surface area (Å²) in [5.41, 5.74) is 0.457. The van der Waals surface area contributed by atoms with Crippen molar-refractivity contribution >= 4 is 17.5 Å². The van der Waals surface area contributed by atoms with E-state index in [2.05, 4.69) is 5.32 Å². The molecule has 18 heavy (non-hydrogen) atoms. The molecule has 5 heteroatoms. The predicted molar refractivity (Wildman–Crippen MR) is 71.8 cm³/mol. The minimum absolute atomic E-state index is 0.0194. The van der Waals surface area contributed by atoms with Crippen LogP contribution in [-0.2, 0) is 0 Å². The molecule has 0 aliphatic heterocycles. The van der Waals surface area contributed by atoms with Crippen LogP contribution in [0.5, 0.6) is 11.5 Å². The lowest BCUT2D eigenvalue weighted by Gasteiger charge is -2.15. The van der Waals surface area contributed by atoms with Crippen molar-refractivity contribution in [2.24, 2.45) is 0 Å². The van der Waals surface area contributed by atoms with E-state index >= 15 is 0 Å². The highest BCUT2D eigenvalue weighted by atomic mass is 35.5. The van der Waals surface area contributed by atoms with Crippen LogP contribution in [-0.4, -0.2) is 32.0 Å². The van der Waals surface area contributed by atoms with Gasteiger partial charge >= 0.3 is 0 Å². The number of nitrogens with one attached hydrogen (secondary N) is 1. The largest absolute Gasteiger partial charge is 0.493 e. The maximum Gasteiger partial charge on any atom is 0.255 e. The number of methoxy groups -OCH3 is 2. The third-order valence-electron chi connectivity index (χ3n) is 2.57. The summed E-state index contributed by atoms with van der Waals surface area (Å²) in [5.74, 6) is 1.30. The third-order valence-corrected chi connectivity index (χ3v) is 2.79. The Hall–Kier alpha value is -1.42. The molecule has 1 amide bonds. The minimum Gasteiger partial charge on any atom is -0.493 e. The van der Waals surface area contributed by atoms with Gasteiger partial charge in [-0.3, -0.25) is 4.79 Å². The Morgan fingerprint density at radius 3 is 2.67 bits per heavy atom. The molecule has 1 aromatic rings. The van der Waals surface area contributed by atoms with Gasteiger partial charge in [0.2, 0.25) is 0 Å². The lowest BCUT2D eigenvalue weighted by atomic mass is 10.1. The number of amides is 1. The van der Waals surface area contributed by atoms with E-state index in [4.69, 9.17) is 21.1 Å². The summed E-state index contributed by atoms with van der Waals surface area (Å²) in [6.45, 7) is 1.91. The van der Waals surface area contributed by atoms with Crippen LogP contribution < -0.4 is 14.8 Å². The lowest BCUT2D eigenvalue weighted by Crippen LogP contribution is -2.33. The molecule has 0 bridgehead atoms. The average Bonchev–Trinajstić information content (AvgIpc) is 2.37. The molecule has 0 aromatic heterocycles. The van der Waals surface area contributed by atoms with Crippen molar-refractivity contribution in [3.8, 4) is 11.5 Å². The average molecular weight is 272 g/mol. The molecular formula is C13H18ClNO3. The molecule has 0 fully saturated rings. The number of halogens is 1. The van der Waals surface area contributed by atoms with E-state index in [1.165, 1.54) is 14.2 Å². The number of carbonyl (C=O) groups excluding carboxylic acids is 1. The zero-order chi connectivity index (χ0) is 13.5. The van der Waals surface area contributed by atoms with Gasteiger partial charge in [-0.05, 0) is 25.5 Å². The molecule has 1 unspecified atom stereocenters. The first-order valence-corrected chi connectivity index (χ1v) is 6.25. The zero-order valence-electron chi connectivity index (χ0n) is 10.8. The van der Waals surface area contributed by atoms with Crippen LogP contribution in [0.15, 0.2) is 18.2 Å². The molecule has 0 spiro atoms. The van der Waals surface area contributed by atoms with Crippen molar-refractivity contribution in [2.75, 3.05) is 20.1 Å². The van der Waals surface area contributed by atoms with Crippen LogP contribution in [0, 0.1) is 0 Å². The Morgan fingerprint density at radius 2 is 2.11 bits per heavy atom. The van der Waals surface area contributed by atoms with Gasteiger partial charge in [0.25, 0.3) is 5.91 Å². The van der Waals surface area contributed by atoms with E-state index in [0.717, 1.165) is 6.42 Å². The van der Waals surface area contributed by atoms with Gasteiger partial charge in [0.1, 0.15) is 0 Å². The Morgan fingerprint density at radius 1 is 1.39 bits per heavy atom. The molecule has 1 rings (SSSR count). The fraction of sp³-hybridized carbons (Fsp3) is 0.462. The smallest absolute Gasteiger partial charge is 0.255 e. The molecule has 0 heterocycles. The van der Waals surface area contributed by atoms with Gasteiger partial charge in [0, 0.05) is 11.9 Å². The fourth-order valence-electron chi connectivity index (χ4n) is 1.60. The van der Waals surface area contributed by atoms with Crippen molar-refractivity contribution in [3.05, 3.63) is 23.8 Å². The van der Waals surface area contributed by atoms with Gasteiger partial charge in [0.05, 0.1) is 19.8 Å². The third kappa shape index (κ3) is 3.53. The highest BCUT2D eigenvalue weighted by Gasteiger charge is 2.17. The number of hydrogen-bond acceptors (Lipinski definition) is 3. The number of para-hydroxylation sites is 1. The predicted octanol–water partition coefficient (Wildman–Crippen LogP) is 2.45. The highest BCUT2D eigenvalue weighted by Crippen LogP contribution is 2.30. The zero-order valence-corrected chi connectivity index (χ0v) is 11.6. The first-order chi connectivity index (χ1) is 8.63. The van der Waals surface area contributed by atoms with Crippen LogP contribution in [0.3, 0.4) is 0 Å². The van der Waals surface area contributed by atoms with Crippen LogP contribution in [0.25, 0.3) is 0 Å². The SMILES string of the molecule is COc1cccc(C(=O)NC(C)CCCl)c1OC. The van der Waals surface area contributed by atoms with Crippen LogP contribution in [0.4, 0.5) is 0 Å². The molecular weight excluding hydrogens is 254 g/mol. The standard InChI is InChI=1S/C13H18ClNO3/c1-9(7-8-14)15-13(16)10-5-4-6-11(17-2)12(10)18-3/h4-6,9H,7-8H2,1-3H3,(H,15,16). The molecule has 0 radical (unpaired) electrons. The second-order valence-electron chi connectivity index (χ2n) is 3.89.